The van der Waals surface area contributed by atoms with Crippen LogP contribution in [0.2, 0.25) is 0 Å². The minimum atomic E-state index is -0.140. The Morgan fingerprint density at radius 1 is 1.39 bits per heavy atom. The molecule has 5 heteroatoms. The first-order valence-electron chi connectivity index (χ1n) is 6.72. The number of carbonyl (C=O) groups is 2. The number of hydrogen-bond acceptors (Lipinski definition) is 3. The van der Waals surface area contributed by atoms with Gasteiger partial charge in [0.15, 0.2) is 0 Å². The van der Waals surface area contributed by atoms with Gasteiger partial charge >= 0.3 is 0 Å². The molecule has 1 rings (SSSR count). The van der Waals surface area contributed by atoms with Gasteiger partial charge in [0.1, 0.15) is 0 Å². The van der Waals surface area contributed by atoms with Crippen LogP contribution in [0.4, 0.5) is 0 Å². The Hall–Kier alpha value is -1.10. The fourth-order valence-electron chi connectivity index (χ4n) is 2.19. The van der Waals surface area contributed by atoms with Crippen molar-refractivity contribution in [1.82, 2.24) is 10.3 Å². The van der Waals surface area contributed by atoms with Crippen molar-refractivity contribution in [3.63, 3.8) is 0 Å². The van der Waals surface area contributed by atoms with Crippen molar-refractivity contribution in [2.24, 2.45) is 11.3 Å². The predicted octanol–water partition coefficient (Wildman–Crippen LogP) is 1.19. The van der Waals surface area contributed by atoms with Gasteiger partial charge in [-0.2, -0.15) is 0 Å². The van der Waals surface area contributed by atoms with E-state index in [9.17, 15) is 9.59 Å². The molecule has 0 aromatic carbocycles. The highest BCUT2D eigenvalue weighted by molar-refractivity contribution is 5.76. The van der Waals surface area contributed by atoms with E-state index < -0.39 is 0 Å². The van der Waals surface area contributed by atoms with Crippen molar-refractivity contribution < 1.29 is 9.59 Å². The molecule has 0 radical (unpaired) electrons. The molecule has 1 heterocycles. The number of likely N-dealkylation sites (tertiary alicyclic amines) is 1. The van der Waals surface area contributed by atoms with E-state index in [-0.39, 0.29) is 17.2 Å². The number of hydrazine groups is 1. The Bertz CT molecular complexity index is 303. The van der Waals surface area contributed by atoms with Crippen molar-refractivity contribution in [1.29, 1.82) is 0 Å². The normalized spacial score (nSPS) is 19.5. The highest BCUT2D eigenvalue weighted by Gasteiger charge is 2.26. The molecule has 0 spiro atoms. The van der Waals surface area contributed by atoms with Crippen molar-refractivity contribution in [3.05, 3.63) is 0 Å². The van der Waals surface area contributed by atoms with Crippen LogP contribution in [0.5, 0.6) is 0 Å². The molecule has 104 valence electrons. The largest absolute Gasteiger partial charge is 0.343 e. The molecule has 1 fully saturated rings. The molecule has 0 aromatic heterocycles. The van der Waals surface area contributed by atoms with Gasteiger partial charge in [-0.25, -0.2) is 5.84 Å². The van der Waals surface area contributed by atoms with Gasteiger partial charge < -0.3 is 4.90 Å². The summed E-state index contributed by atoms with van der Waals surface area (Å²) in [5, 5.41) is 0. The van der Waals surface area contributed by atoms with Gasteiger partial charge in [-0.3, -0.25) is 15.0 Å². The lowest BCUT2D eigenvalue weighted by molar-refractivity contribution is -0.130. The number of nitrogens with two attached hydrogens (primary N) is 1. The average molecular weight is 255 g/mol. The van der Waals surface area contributed by atoms with E-state index in [4.69, 9.17) is 5.84 Å². The van der Waals surface area contributed by atoms with Gasteiger partial charge in [-0.15, -0.1) is 0 Å². The monoisotopic (exact) mass is 255 g/mol. The van der Waals surface area contributed by atoms with Gasteiger partial charge in [0.2, 0.25) is 11.8 Å². The SMILES string of the molecule is CC1(C)CCC(=O)N(CCCCC(=O)NN)CC1. The molecule has 0 unspecified atom stereocenters. The molecule has 0 aromatic rings. The molecule has 0 saturated carbocycles. The molecule has 1 aliphatic heterocycles. The first-order valence-corrected chi connectivity index (χ1v) is 6.72. The Labute approximate surface area is 109 Å². The lowest BCUT2D eigenvalue weighted by atomic mass is 9.85. The third-order valence-electron chi connectivity index (χ3n) is 3.67. The molecular weight excluding hydrogens is 230 g/mol. The first-order chi connectivity index (χ1) is 8.44. The number of unbranched alkanes of at least 4 members (excludes halogenated alkanes) is 1. The lowest BCUT2D eigenvalue weighted by Crippen LogP contribution is -2.32. The van der Waals surface area contributed by atoms with E-state index in [0.29, 0.717) is 12.8 Å². The fraction of sp³-hybridized carbons (Fsp3) is 0.846. The topological polar surface area (TPSA) is 75.4 Å². The summed E-state index contributed by atoms with van der Waals surface area (Å²) in [6, 6.07) is 0. The Morgan fingerprint density at radius 3 is 2.78 bits per heavy atom. The van der Waals surface area contributed by atoms with E-state index in [0.717, 1.165) is 38.8 Å². The maximum Gasteiger partial charge on any atom is 0.233 e. The van der Waals surface area contributed by atoms with Gasteiger partial charge in [0, 0.05) is 25.9 Å². The molecule has 0 bridgehead atoms. The van der Waals surface area contributed by atoms with E-state index >= 15 is 0 Å². The smallest absolute Gasteiger partial charge is 0.233 e. The van der Waals surface area contributed by atoms with Crippen LogP contribution in [0, 0.1) is 5.41 Å². The third-order valence-corrected chi connectivity index (χ3v) is 3.67. The van der Waals surface area contributed by atoms with Gasteiger partial charge in [-0.1, -0.05) is 13.8 Å². The molecule has 2 amide bonds. The van der Waals surface area contributed by atoms with Gasteiger partial charge in [0.05, 0.1) is 0 Å². The first kappa shape index (κ1) is 15.0. The van der Waals surface area contributed by atoms with Crippen LogP contribution in [0.25, 0.3) is 0 Å². The Balaban J connectivity index is 2.28. The highest BCUT2D eigenvalue weighted by atomic mass is 16.2. The molecule has 18 heavy (non-hydrogen) atoms. The fourth-order valence-corrected chi connectivity index (χ4v) is 2.19. The average Bonchev–Trinajstić information content (AvgIpc) is 2.46. The van der Waals surface area contributed by atoms with E-state index in [1.807, 2.05) is 4.90 Å². The van der Waals surface area contributed by atoms with Crippen LogP contribution in [0.1, 0.15) is 52.4 Å². The summed E-state index contributed by atoms with van der Waals surface area (Å²) >= 11 is 0. The second-order valence-electron chi connectivity index (χ2n) is 5.82. The molecule has 5 nitrogen and oxygen atoms in total. The van der Waals surface area contributed by atoms with Crippen LogP contribution in [-0.2, 0) is 9.59 Å². The molecular formula is C13H25N3O2. The summed E-state index contributed by atoms with van der Waals surface area (Å²) in [5.41, 5.74) is 2.38. The molecule has 0 aliphatic carbocycles. The van der Waals surface area contributed by atoms with Crippen molar-refractivity contribution in [3.8, 4) is 0 Å². The maximum absolute atomic E-state index is 11.9. The summed E-state index contributed by atoms with van der Waals surface area (Å²) in [6.45, 7) is 6.03. The zero-order valence-electron chi connectivity index (χ0n) is 11.5. The number of amides is 2. The van der Waals surface area contributed by atoms with E-state index in [1.165, 1.54) is 0 Å². The van der Waals surface area contributed by atoms with Crippen LogP contribution in [0.15, 0.2) is 0 Å². The molecule has 3 N–H and O–H groups in total. The number of hydrogen-bond donors (Lipinski definition) is 2. The minimum Gasteiger partial charge on any atom is -0.343 e. The number of carbonyl (C=O) groups excluding carboxylic acids is 2. The zero-order chi connectivity index (χ0) is 13.6. The third kappa shape index (κ3) is 5.04. The minimum absolute atomic E-state index is 0.140. The zero-order valence-corrected chi connectivity index (χ0v) is 11.5. The van der Waals surface area contributed by atoms with Crippen LogP contribution in [0.3, 0.4) is 0 Å². The van der Waals surface area contributed by atoms with Crippen molar-refractivity contribution >= 4 is 11.8 Å². The number of nitrogens with one attached hydrogen (secondary N) is 1. The van der Waals surface area contributed by atoms with Crippen molar-refractivity contribution in [2.75, 3.05) is 13.1 Å². The second-order valence-corrected chi connectivity index (χ2v) is 5.82. The Kier molecular flexibility index (Phi) is 5.59. The van der Waals surface area contributed by atoms with E-state index in [1.54, 1.807) is 0 Å². The highest BCUT2D eigenvalue weighted by Crippen LogP contribution is 2.30. The molecule has 0 atom stereocenters. The maximum atomic E-state index is 11.9. The molecule has 1 saturated heterocycles. The Morgan fingerprint density at radius 2 is 2.11 bits per heavy atom. The summed E-state index contributed by atoms with van der Waals surface area (Å²) in [6.07, 6.45) is 4.75. The van der Waals surface area contributed by atoms with Crippen LogP contribution >= 0.6 is 0 Å². The predicted molar refractivity (Wildman–Crippen MR) is 70.4 cm³/mol. The summed E-state index contributed by atoms with van der Waals surface area (Å²) in [4.78, 5) is 24.8. The van der Waals surface area contributed by atoms with Gasteiger partial charge in [0.25, 0.3) is 0 Å². The lowest BCUT2D eigenvalue weighted by Gasteiger charge is -2.23. The summed E-state index contributed by atoms with van der Waals surface area (Å²) < 4.78 is 0. The number of nitrogens with zero attached hydrogens (tertiary/aromatic N) is 1. The van der Waals surface area contributed by atoms with Gasteiger partial charge in [-0.05, 0) is 31.1 Å². The number of rotatable bonds is 5. The van der Waals surface area contributed by atoms with Crippen LogP contribution in [-0.4, -0.2) is 29.8 Å². The summed E-state index contributed by atoms with van der Waals surface area (Å²) in [5.74, 6) is 5.12. The quantitative estimate of drug-likeness (QED) is 0.335. The second kappa shape index (κ2) is 6.73. The van der Waals surface area contributed by atoms with Crippen LogP contribution < -0.4 is 11.3 Å². The van der Waals surface area contributed by atoms with Crippen molar-refractivity contribution in [2.45, 2.75) is 52.4 Å². The standard InChI is InChI=1S/C13H25N3O2/c1-13(2)7-6-12(18)16(10-8-13)9-4-3-5-11(17)15-14/h3-10,14H2,1-2H3,(H,15,17). The molecule has 1 aliphatic rings. The summed E-state index contributed by atoms with van der Waals surface area (Å²) in [7, 11) is 0. The van der Waals surface area contributed by atoms with E-state index in [2.05, 4.69) is 19.3 Å².